The standard InChI is InChI=1S/C21H26N6O7/c22-14(7-13-9-23-11-25-13)19(31)24-10-17(28)26-15(8-18(29)30)20(32)27-16(21(33)34)6-12-4-2-1-3-5-12/h1-5,9,11,14-16H,6-8,10,22H2,(H,23,25)(H,24,31)(H,26,28)(H,27,32)(H,29,30)(H,33,34). The minimum Gasteiger partial charge on any atom is -0.481 e. The van der Waals surface area contributed by atoms with E-state index in [0.717, 1.165) is 0 Å². The lowest BCUT2D eigenvalue weighted by Crippen LogP contribution is -2.54. The molecule has 3 amide bonds. The Hall–Kier alpha value is -4.26. The van der Waals surface area contributed by atoms with Crippen molar-refractivity contribution in [3.63, 3.8) is 0 Å². The number of benzene rings is 1. The average molecular weight is 474 g/mol. The van der Waals surface area contributed by atoms with Crippen LogP contribution in [-0.4, -0.2) is 74.5 Å². The molecular formula is C21H26N6O7. The van der Waals surface area contributed by atoms with Crippen molar-refractivity contribution in [2.75, 3.05) is 6.54 Å². The molecule has 0 fully saturated rings. The van der Waals surface area contributed by atoms with Crippen LogP contribution in [0.2, 0.25) is 0 Å². The maximum Gasteiger partial charge on any atom is 0.326 e. The molecule has 1 heterocycles. The van der Waals surface area contributed by atoms with Gasteiger partial charge in [0, 0.05) is 24.7 Å². The average Bonchev–Trinajstić information content (AvgIpc) is 3.29. The van der Waals surface area contributed by atoms with E-state index in [1.54, 1.807) is 30.3 Å². The van der Waals surface area contributed by atoms with Crippen molar-refractivity contribution < 1.29 is 34.2 Å². The quantitative estimate of drug-likeness (QED) is 0.173. The van der Waals surface area contributed by atoms with Crippen LogP contribution in [-0.2, 0) is 36.8 Å². The number of nitrogens with zero attached hydrogens (tertiary/aromatic N) is 1. The van der Waals surface area contributed by atoms with E-state index in [0.29, 0.717) is 11.3 Å². The van der Waals surface area contributed by atoms with E-state index in [2.05, 4.69) is 25.9 Å². The summed E-state index contributed by atoms with van der Waals surface area (Å²) < 4.78 is 0. The van der Waals surface area contributed by atoms with Gasteiger partial charge in [-0.3, -0.25) is 19.2 Å². The molecule has 182 valence electrons. The van der Waals surface area contributed by atoms with Crippen LogP contribution in [0.15, 0.2) is 42.9 Å². The van der Waals surface area contributed by atoms with Gasteiger partial charge in [-0.05, 0) is 5.56 Å². The van der Waals surface area contributed by atoms with Gasteiger partial charge in [0.1, 0.15) is 12.1 Å². The number of carboxylic acid groups (broad SMARTS) is 2. The highest BCUT2D eigenvalue weighted by atomic mass is 16.4. The summed E-state index contributed by atoms with van der Waals surface area (Å²) in [5.41, 5.74) is 7.03. The summed E-state index contributed by atoms with van der Waals surface area (Å²) >= 11 is 0. The number of H-pyrrole nitrogens is 1. The fourth-order valence-corrected chi connectivity index (χ4v) is 2.98. The predicted octanol–water partition coefficient (Wildman–Crippen LogP) is -1.83. The normalized spacial score (nSPS) is 13.2. The Morgan fingerprint density at radius 1 is 0.971 bits per heavy atom. The minimum absolute atomic E-state index is 0.0417. The summed E-state index contributed by atoms with van der Waals surface area (Å²) in [6.45, 7) is -0.564. The van der Waals surface area contributed by atoms with E-state index in [1.807, 2.05) is 0 Å². The van der Waals surface area contributed by atoms with Crippen molar-refractivity contribution in [1.29, 1.82) is 0 Å². The number of aromatic amines is 1. The van der Waals surface area contributed by atoms with Crippen molar-refractivity contribution in [3.8, 4) is 0 Å². The summed E-state index contributed by atoms with van der Waals surface area (Å²) in [5.74, 6) is -5.19. The molecule has 34 heavy (non-hydrogen) atoms. The molecule has 13 heteroatoms. The largest absolute Gasteiger partial charge is 0.481 e. The summed E-state index contributed by atoms with van der Waals surface area (Å²) in [6.07, 6.45) is 2.24. The molecule has 2 rings (SSSR count). The zero-order chi connectivity index (χ0) is 25.1. The Morgan fingerprint density at radius 3 is 2.26 bits per heavy atom. The second kappa shape index (κ2) is 12.7. The van der Waals surface area contributed by atoms with Gasteiger partial charge in [-0.15, -0.1) is 0 Å². The first kappa shape index (κ1) is 26.0. The molecule has 0 saturated heterocycles. The molecule has 0 radical (unpaired) electrons. The lowest BCUT2D eigenvalue weighted by atomic mass is 10.1. The first-order valence-electron chi connectivity index (χ1n) is 10.2. The number of nitrogens with one attached hydrogen (secondary N) is 4. The van der Waals surface area contributed by atoms with E-state index in [4.69, 9.17) is 10.8 Å². The number of nitrogens with two attached hydrogens (primary N) is 1. The van der Waals surface area contributed by atoms with Gasteiger partial charge in [-0.1, -0.05) is 30.3 Å². The van der Waals surface area contributed by atoms with E-state index in [9.17, 15) is 29.1 Å². The lowest BCUT2D eigenvalue weighted by Gasteiger charge is -2.21. The van der Waals surface area contributed by atoms with Crippen LogP contribution < -0.4 is 21.7 Å². The maximum atomic E-state index is 12.6. The number of hydrogen-bond donors (Lipinski definition) is 7. The lowest BCUT2D eigenvalue weighted by molar-refractivity contribution is -0.143. The smallest absolute Gasteiger partial charge is 0.326 e. The molecule has 0 saturated carbocycles. The molecule has 0 aliphatic rings. The molecule has 1 aromatic heterocycles. The molecule has 0 aliphatic carbocycles. The molecule has 0 aliphatic heterocycles. The maximum absolute atomic E-state index is 12.6. The summed E-state index contributed by atoms with van der Waals surface area (Å²) in [6, 6.07) is 4.65. The topological polar surface area (TPSA) is 217 Å². The van der Waals surface area contributed by atoms with E-state index in [1.165, 1.54) is 12.5 Å². The monoisotopic (exact) mass is 474 g/mol. The summed E-state index contributed by atoms with van der Waals surface area (Å²) in [5, 5.41) is 25.3. The number of imidazole rings is 1. The number of amides is 3. The molecule has 3 atom stereocenters. The van der Waals surface area contributed by atoms with Crippen LogP contribution in [0, 0.1) is 0 Å². The van der Waals surface area contributed by atoms with Gasteiger partial charge < -0.3 is 36.9 Å². The summed E-state index contributed by atoms with van der Waals surface area (Å²) in [7, 11) is 0. The van der Waals surface area contributed by atoms with Gasteiger partial charge in [0.2, 0.25) is 17.7 Å². The molecular weight excluding hydrogens is 448 g/mol. The Bertz CT molecular complexity index is 996. The Balaban J connectivity index is 1.93. The molecule has 3 unspecified atom stereocenters. The Labute approximate surface area is 194 Å². The number of aliphatic carboxylic acids is 2. The number of carbonyl (C=O) groups is 5. The second-order valence-electron chi connectivity index (χ2n) is 7.41. The minimum atomic E-state index is -1.56. The molecule has 0 spiro atoms. The van der Waals surface area contributed by atoms with Crippen LogP contribution in [0.25, 0.3) is 0 Å². The van der Waals surface area contributed by atoms with Crippen molar-refractivity contribution in [1.82, 2.24) is 25.9 Å². The number of aromatic nitrogens is 2. The fourth-order valence-electron chi connectivity index (χ4n) is 2.98. The third-order valence-corrected chi connectivity index (χ3v) is 4.68. The highest BCUT2D eigenvalue weighted by Crippen LogP contribution is 2.05. The zero-order valence-electron chi connectivity index (χ0n) is 18.1. The molecule has 0 bridgehead atoms. The third kappa shape index (κ3) is 8.70. The molecule has 13 nitrogen and oxygen atoms in total. The third-order valence-electron chi connectivity index (χ3n) is 4.68. The second-order valence-corrected chi connectivity index (χ2v) is 7.41. The Morgan fingerprint density at radius 2 is 1.68 bits per heavy atom. The van der Waals surface area contributed by atoms with Crippen molar-refractivity contribution >= 4 is 29.7 Å². The first-order valence-corrected chi connectivity index (χ1v) is 10.2. The Kier molecular flexibility index (Phi) is 9.71. The van der Waals surface area contributed by atoms with Crippen LogP contribution in [0.3, 0.4) is 0 Å². The predicted molar refractivity (Wildman–Crippen MR) is 117 cm³/mol. The first-order chi connectivity index (χ1) is 16.2. The van der Waals surface area contributed by atoms with Gasteiger partial charge in [0.25, 0.3) is 0 Å². The van der Waals surface area contributed by atoms with Gasteiger partial charge in [-0.25, -0.2) is 9.78 Å². The van der Waals surface area contributed by atoms with Gasteiger partial charge in [-0.2, -0.15) is 0 Å². The van der Waals surface area contributed by atoms with Crippen LogP contribution >= 0.6 is 0 Å². The van der Waals surface area contributed by atoms with Crippen LogP contribution in [0.4, 0.5) is 0 Å². The molecule has 2 aromatic rings. The number of rotatable bonds is 13. The molecule has 1 aromatic carbocycles. The van der Waals surface area contributed by atoms with E-state index in [-0.39, 0.29) is 12.8 Å². The fraction of sp³-hybridized carbons (Fsp3) is 0.333. The van der Waals surface area contributed by atoms with Crippen LogP contribution in [0.1, 0.15) is 17.7 Å². The van der Waals surface area contributed by atoms with Gasteiger partial charge in [0.05, 0.1) is 25.3 Å². The zero-order valence-corrected chi connectivity index (χ0v) is 18.1. The van der Waals surface area contributed by atoms with E-state index < -0.39 is 60.8 Å². The number of carbonyl (C=O) groups excluding carboxylic acids is 3. The van der Waals surface area contributed by atoms with Gasteiger partial charge in [0.15, 0.2) is 0 Å². The summed E-state index contributed by atoms with van der Waals surface area (Å²) in [4.78, 5) is 66.2. The van der Waals surface area contributed by atoms with Crippen molar-refractivity contribution in [3.05, 3.63) is 54.1 Å². The number of hydrogen-bond acceptors (Lipinski definition) is 7. The van der Waals surface area contributed by atoms with Crippen molar-refractivity contribution in [2.24, 2.45) is 5.73 Å². The highest BCUT2D eigenvalue weighted by molar-refractivity contribution is 5.94. The van der Waals surface area contributed by atoms with Crippen molar-refractivity contribution in [2.45, 2.75) is 37.4 Å². The van der Waals surface area contributed by atoms with Gasteiger partial charge >= 0.3 is 11.9 Å². The SMILES string of the molecule is NC(Cc1cnc[nH]1)C(=O)NCC(=O)NC(CC(=O)O)C(=O)NC(Cc1ccccc1)C(=O)O. The van der Waals surface area contributed by atoms with Crippen LogP contribution in [0.5, 0.6) is 0 Å². The molecule has 8 N–H and O–H groups in total. The van der Waals surface area contributed by atoms with E-state index >= 15 is 0 Å². The highest BCUT2D eigenvalue weighted by Gasteiger charge is 2.28. The number of carboxylic acids is 2.